The van der Waals surface area contributed by atoms with Crippen molar-refractivity contribution in [3.8, 4) is 0 Å². The van der Waals surface area contributed by atoms with Gasteiger partial charge in [-0.2, -0.15) is 5.10 Å². The quantitative estimate of drug-likeness (QED) is 0.540. The van der Waals surface area contributed by atoms with Crippen LogP contribution in [0.25, 0.3) is 0 Å². The number of ketones is 1. The molecule has 0 atom stereocenters. The van der Waals surface area contributed by atoms with Gasteiger partial charge in [0.05, 0.1) is 12.1 Å². The van der Waals surface area contributed by atoms with Gasteiger partial charge in [0, 0.05) is 25.8 Å². The molecule has 0 aliphatic rings. The Bertz CT molecular complexity index is 622. The second-order valence-electron chi connectivity index (χ2n) is 4.32. The number of hydrogen-bond acceptors (Lipinski definition) is 2. The van der Waals surface area contributed by atoms with Gasteiger partial charge in [-0.25, -0.2) is 0 Å². The number of benzene rings is 1. The summed E-state index contributed by atoms with van der Waals surface area (Å²) in [6.45, 7) is 4.76. The number of Topliss-reactive ketones (excluding diaryl/α,β-unsaturated/α-hetero) is 1. The minimum Gasteiger partial charge on any atom is -0.294 e. The molecule has 0 radical (unpaired) electrons. The number of halogens is 2. The Morgan fingerprint density at radius 2 is 2.16 bits per heavy atom. The van der Waals surface area contributed by atoms with Crippen LogP contribution in [0.5, 0.6) is 0 Å². The predicted octanol–water partition coefficient (Wildman–Crippen LogP) is 4.00. The third-order valence-electron chi connectivity index (χ3n) is 2.86. The summed E-state index contributed by atoms with van der Waals surface area (Å²) in [4.78, 5) is 12.4. The minimum atomic E-state index is 0.125. The Morgan fingerprint density at radius 1 is 1.42 bits per heavy atom. The molecule has 3 nitrogen and oxygen atoms in total. The van der Waals surface area contributed by atoms with Gasteiger partial charge in [-0.05, 0) is 60.7 Å². The third kappa shape index (κ3) is 3.45. The average molecular weight is 433 g/mol. The van der Waals surface area contributed by atoms with Gasteiger partial charge < -0.3 is 0 Å². The van der Waals surface area contributed by atoms with E-state index in [1.165, 1.54) is 0 Å². The zero-order chi connectivity index (χ0) is 14.0. The molecule has 5 heteroatoms. The van der Waals surface area contributed by atoms with Crippen LogP contribution >= 0.6 is 38.5 Å². The van der Waals surface area contributed by atoms with Crippen LogP contribution in [0.1, 0.15) is 28.7 Å². The third-order valence-corrected chi connectivity index (χ3v) is 4.29. The summed E-state index contributed by atoms with van der Waals surface area (Å²) >= 11 is 5.60. The molecule has 0 aliphatic heterocycles. The molecule has 0 N–H and O–H groups in total. The van der Waals surface area contributed by atoms with Crippen molar-refractivity contribution in [2.24, 2.45) is 0 Å². The fraction of sp³-hybridized carbons (Fsp3) is 0.286. The summed E-state index contributed by atoms with van der Waals surface area (Å²) in [5.74, 6) is 0.125. The molecule has 1 aromatic heterocycles. The highest BCUT2D eigenvalue weighted by molar-refractivity contribution is 14.1. The van der Waals surface area contributed by atoms with Crippen LogP contribution in [0.2, 0.25) is 0 Å². The first kappa shape index (κ1) is 14.7. The van der Waals surface area contributed by atoms with Crippen molar-refractivity contribution in [2.45, 2.75) is 26.8 Å². The van der Waals surface area contributed by atoms with Crippen LogP contribution in [0, 0.1) is 10.5 Å². The number of hydrogen-bond donors (Lipinski definition) is 0. The number of carbonyl (C=O) groups is 1. The largest absolute Gasteiger partial charge is 0.294 e. The van der Waals surface area contributed by atoms with Gasteiger partial charge >= 0.3 is 0 Å². The van der Waals surface area contributed by atoms with Gasteiger partial charge in [-0.1, -0.05) is 15.9 Å². The van der Waals surface area contributed by atoms with E-state index in [1.807, 2.05) is 42.8 Å². The summed E-state index contributed by atoms with van der Waals surface area (Å²) in [5.41, 5.74) is 2.69. The van der Waals surface area contributed by atoms with Crippen LogP contribution in [0.15, 0.2) is 28.7 Å². The highest BCUT2D eigenvalue weighted by Crippen LogP contribution is 2.20. The van der Waals surface area contributed by atoms with Crippen molar-refractivity contribution in [3.05, 3.63) is 49.3 Å². The first-order chi connectivity index (χ1) is 9.01. The maximum Gasteiger partial charge on any atom is 0.169 e. The number of nitrogens with zero attached hydrogens (tertiary/aromatic N) is 2. The molecule has 0 bridgehead atoms. The minimum absolute atomic E-state index is 0.125. The molecule has 0 saturated carbocycles. The van der Waals surface area contributed by atoms with E-state index < -0.39 is 0 Å². The molecule has 0 spiro atoms. The molecule has 0 unspecified atom stereocenters. The molecule has 100 valence electrons. The van der Waals surface area contributed by atoms with Gasteiger partial charge in [0.1, 0.15) is 0 Å². The van der Waals surface area contributed by atoms with E-state index in [0.29, 0.717) is 6.42 Å². The van der Waals surface area contributed by atoms with E-state index in [4.69, 9.17) is 0 Å². The van der Waals surface area contributed by atoms with Gasteiger partial charge in [0.2, 0.25) is 0 Å². The number of rotatable bonds is 4. The molecule has 0 saturated heterocycles. The van der Waals surface area contributed by atoms with Crippen LogP contribution in [-0.2, 0) is 13.0 Å². The second kappa shape index (κ2) is 6.17. The van der Waals surface area contributed by atoms with Crippen LogP contribution in [-0.4, -0.2) is 15.6 Å². The Balaban J connectivity index is 2.27. The van der Waals surface area contributed by atoms with Gasteiger partial charge in [-0.15, -0.1) is 0 Å². The molecule has 1 heterocycles. The number of aromatic nitrogens is 2. The first-order valence-electron chi connectivity index (χ1n) is 6.03. The lowest BCUT2D eigenvalue weighted by Crippen LogP contribution is -2.10. The maximum absolute atomic E-state index is 12.4. The monoisotopic (exact) mass is 432 g/mol. The molecule has 2 aromatic rings. The van der Waals surface area contributed by atoms with E-state index in [9.17, 15) is 4.79 Å². The fourth-order valence-electron chi connectivity index (χ4n) is 1.99. The topological polar surface area (TPSA) is 34.9 Å². The van der Waals surface area contributed by atoms with E-state index in [-0.39, 0.29) is 5.78 Å². The van der Waals surface area contributed by atoms with Gasteiger partial charge in [0.25, 0.3) is 0 Å². The van der Waals surface area contributed by atoms with Crippen molar-refractivity contribution >= 4 is 44.3 Å². The fourth-order valence-corrected chi connectivity index (χ4v) is 2.98. The lowest BCUT2D eigenvalue weighted by molar-refractivity contribution is 0.0989. The molecule has 0 fully saturated rings. The van der Waals surface area contributed by atoms with Crippen LogP contribution in [0.4, 0.5) is 0 Å². The van der Waals surface area contributed by atoms with E-state index in [0.717, 1.165) is 31.5 Å². The lowest BCUT2D eigenvalue weighted by atomic mass is 10.1. The van der Waals surface area contributed by atoms with E-state index in [2.05, 4.69) is 43.6 Å². The summed E-state index contributed by atoms with van der Waals surface area (Å²) < 4.78 is 3.79. The molecule has 1 aromatic carbocycles. The summed E-state index contributed by atoms with van der Waals surface area (Å²) in [7, 11) is 0. The van der Waals surface area contributed by atoms with Gasteiger partial charge in [-0.3, -0.25) is 9.48 Å². The Hall–Kier alpha value is -0.690. The predicted molar refractivity (Wildman–Crippen MR) is 87.5 cm³/mol. The van der Waals surface area contributed by atoms with Crippen molar-refractivity contribution in [1.82, 2.24) is 9.78 Å². The normalized spacial score (nSPS) is 10.7. The van der Waals surface area contributed by atoms with E-state index in [1.54, 1.807) is 0 Å². The summed E-state index contributed by atoms with van der Waals surface area (Å²) in [6.07, 6.45) is 0.390. The Labute approximate surface area is 134 Å². The number of carbonyl (C=O) groups excluding carboxylic acids is 1. The molecule has 0 amide bonds. The van der Waals surface area contributed by atoms with E-state index >= 15 is 0 Å². The molecule has 2 rings (SSSR count). The number of aryl methyl sites for hydroxylation is 2. The lowest BCUT2D eigenvalue weighted by Gasteiger charge is -2.06. The van der Waals surface area contributed by atoms with Crippen molar-refractivity contribution in [1.29, 1.82) is 0 Å². The summed E-state index contributed by atoms with van der Waals surface area (Å²) in [6, 6.07) is 7.75. The highest BCUT2D eigenvalue weighted by Gasteiger charge is 2.14. The zero-order valence-corrected chi connectivity index (χ0v) is 14.5. The van der Waals surface area contributed by atoms with Crippen molar-refractivity contribution < 1.29 is 4.79 Å². The zero-order valence-electron chi connectivity index (χ0n) is 10.8. The Morgan fingerprint density at radius 3 is 2.84 bits per heavy atom. The Kier molecular flexibility index (Phi) is 4.78. The first-order valence-corrected chi connectivity index (χ1v) is 7.90. The molecular formula is C14H14BrIN2O. The SMILES string of the molecule is CCn1nc(C)cc1CC(=O)c1cc(Br)ccc1I. The smallest absolute Gasteiger partial charge is 0.169 e. The average Bonchev–Trinajstić information content (AvgIpc) is 2.72. The molecule has 19 heavy (non-hydrogen) atoms. The maximum atomic E-state index is 12.4. The van der Waals surface area contributed by atoms with Crippen molar-refractivity contribution in [2.75, 3.05) is 0 Å². The second-order valence-corrected chi connectivity index (χ2v) is 6.39. The molecular weight excluding hydrogens is 419 g/mol. The van der Waals surface area contributed by atoms with Crippen molar-refractivity contribution in [3.63, 3.8) is 0 Å². The van der Waals surface area contributed by atoms with Crippen LogP contribution < -0.4 is 0 Å². The standard InChI is InChI=1S/C14H14BrIN2O/c1-3-18-11(6-9(2)17-18)8-14(19)12-7-10(15)4-5-13(12)16/h4-7H,3,8H2,1-2H3. The van der Waals surface area contributed by atoms with Crippen LogP contribution in [0.3, 0.4) is 0 Å². The highest BCUT2D eigenvalue weighted by atomic mass is 127. The van der Waals surface area contributed by atoms with Gasteiger partial charge in [0.15, 0.2) is 5.78 Å². The molecule has 0 aliphatic carbocycles. The summed E-state index contributed by atoms with van der Waals surface area (Å²) in [5, 5.41) is 4.37.